The largest absolute Gasteiger partial charge is 0.481 e. The van der Waals surface area contributed by atoms with Crippen LogP contribution in [0.2, 0.25) is 0 Å². The lowest BCUT2D eigenvalue weighted by atomic mass is 10.1. The molecule has 2 aromatic heterocycles. The van der Waals surface area contributed by atoms with E-state index in [1.165, 1.54) is 4.88 Å². The van der Waals surface area contributed by atoms with Crippen molar-refractivity contribution in [1.82, 2.24) is 4.98 Å². The summed E-state index contributed by atoms with van der Waals surface area (Å²) in [5.41, 5.74) is 7.81. The van der Waals surface area contributed by atoms with Gasteiger partial charge in [-0.05, 0) is 23.1 Å². The molecule has 0 amide bonds. The Kier molecular flexibility index (Phi) is 2.99. The van der Waals surface area contributed by atoms with Gasteiger partial charge >= 0.3 is 0 Å². The van der Waals surface area contributed by atoms with Crippen LogP contribution in [-0.4, -0.2) is 12.1 Å². The maximum Gasteiger partial charge on any atom is 0.212 e. The first-order valence-corrected chi connectivity index (χ1v) is 5.49. The minimum Gasteiger partial charge on any atom is -0.481 e. The highest BCUT2D eigenvalue weighted by molar-refractivity contribution is 7.10. The van der Waals surface area contributed by atoms with E-state index in [0.29, 0.717) is 12.4 Å². The van der Waals surface area contributed by atoms with Crippen molar-refractivity contribution in [2.45, 2.75) is 6.54 Å². The predicted octanol–water partition coefficient (Wildman–Crippen LogP) is 2.28. The van der Waals surface area contributed by atoms with Gasteiger partial charge in [-0.25, -0.2) is 4.98 Å². The number of hydrogen-bond acceptors (Lipinski definition) is 4. The average Bonchev–Trinajstić information content (AvgIpc) is 2.78. The first-order chi connectivity index (χ1) is 7.33. The number of nitrogens with two attached hydrogens (primary N) is 1. The number of ether oxygens (including phenoxy) is 1. The molecule has 0 bridgehead atoms. The molecule has 15 heavy (non-hydrogen) atoms. The van der Waals surface area contributed by atoms with Crippen molar-refractivity contribution in [3.05, 3.63) is 34.7 Å². The number of methoxy groups -OCH3 is 1. The highest BCUT2D eigenvalue weighted by Crippen LogP contribution is 2.25. The van der Waals surface area contributed by atoms with Crippen molar-refractivity contribution in [1.29, 1.82) is 0 Å². The second-order valence-corrected chi connectivity index (χ2v) is 4.09. The standard InChI is InChI=1S/C11H12N2OS/c1-14-11-3-2-8(6-13-11)9-4-10(5-12)15-7-9/h2-4,6-7H,5,12H2,1H3. The number of hydrogen-bond donors (Lipinski definition) is 1. The molecule has 0 radical (unpaired) electrons. The summed E-state index contributed by atoms with van der Waals surface area (Å²) < 4.78 is 5.00. The van der Waals surface area contributed by atoms with Gasteiger partial charge in [-0.2, -0.15) is 0 Å². The molecule has 0 atom stereocenters. The van der Waals surface area contributed by atoms with Gasteiger partial charge in [-0.15, -0.1) is 11.3 Å². The highest BCUT2D eigenvalue weighted by Gasteiger charge is 2.02. The molecular weight excluding hydrogens is 208 g/mol. The normalized spacial score (nSPS) is 10.3. The van der Waals surface area contributed by atoms with E-state index in [1.807, 2.05) is 12.1 Å². The third-order valence-corrected chi connectivity index (χ3v) is 3.09. The molecule has 0 aliphatic rings. The Morgan fingerprint density at radius 2 is 2.27 bits per heavy atom. The summed E-state index contributed by atoms with van der Waals surface area (Å²) in [6, 6.07) is 5.94. The van der Waals surface area contributed by atoms with Gasteiger partial charge in [0.25, 0.3) is 0 Å². The first kappa shape index (κ1) is 10.1. The molecule has 2 aromatic rings. The lowest BCUT2D eigenvalue weighted by molar-refractivity contribution is 0.398. The Hall–Kier alpha value is -1.39. The van der Waals surface area contributed by atoms with Gasteiger partial charge in [0.15, 0.2) is 0 Å². The van der Waals surface area contributed by atoms with Crippen molar-refractivity contribution in [2.24, 2.45) is 5.73 Å². The third-order valence-electron chi connectivity index (χ3n) is 2.13. The third kappa shape index (κ3) is 2.16. The summed E-state index contributed by atoms with van der Waals surface area (Å²) >= 11 is 1.67. The van der Waals surface area contributed by atoms with Crippen LogP contribution in [0.3, 0.4) is 0 Å². The molecule has 0 unspecified atom stereocenters. The van der Waals surface area contributed by atoms with E-state index >= 15 is 0 Å². The van der Waals surface area contributed by atoms with Crippen molar-refractivity contribution >= 4 is 11.3 Å². The summed E-state index contributed by atoms with van der Waals surface area (Å²) in [5.74, 6) is 0.632. The van der Waals surface area contributed by atoms with Gasteiger partial charge in [0, 0.05) is 29.2 Å². The molecule has 0 saturated carbocycles. The Bertz CT molecular complexity index is 436. The number of nitrogens with zero attached hydrogens (tertiary/aromatic N) is 1. The smallest absolute Gasteiger partial charge is 0.212 e. The minimum absolute atomic E-state index is 0.592. The molecule has 4 heteroatoms. The Labute approximate surface area is 92.5 Å². The summed E-state index contributed by atoms with van der Waals surface area (Å²) in [6.45, 7) is 0.592. The molecule has 0 spiro atoms. The fourth-order valence-electron chi connectivity index (χ4n) is 1.31. The first-order valence-electron chi connectivity index (χ1n) is 4.61. The topological polar surface area (TPSA) is 48.1 Å². The number of thiophene rings is 1. The van der Waals surface area contributed by atoms with Crippen molar-refractivity contribution in [3.63, 3.8) is 0 Å². The highest BCUT2D eigenvalue weighted by atomic mass is 32.1. The zero-order valence-electron chi connectivity index (χ0n) is 8.43. The van der Waals surface area contributed by atoms with Gasteiger partial charge < -0.3 is 10.5 Å². The molecular formula is C11H12N2OS. The maximum absolute atomic E-state index is 5.56. The van der Waals surface area contributed by atoms with Gasteiger partial charge in [-0.3, -0.25) is 0 Å². The van der Waals surface area contributed by atoms with E-state index in [9.17, 15) is 0 Å². The van der Waals surface area contributed by atoms with E-state index in [4.69, 9.17) is 10.5 Å². The van der Waals surface area contributed by atoms with Gasteiger partial charge in [0.1, 0.15) is 0 Å². The molecule has 0 saturated heterocycles. The van der Waals surface area contributed by atoms with E-state index in [-0.39, 0.29) is 0 Å². The van der Waals surface area contributed by atoms with Crippen molar-refractivity contribution in [2.75, 3.05) is 7.11 Å². The lowest BCUT2D eigenvalue weighted by Gasteiger charge is -1.99. The molecule has 3 nitrogen and oxygen atoms in total. The predicted molar refractivity (Wildman–Crippen MR) is 62.0 cm³/mol. The second kappa shape index (κ2) is 4.42. The molecule has 0 aliphatic carbocycles. The van der Waals surface area contributed by atoms with Crippen molar-refractivity contribution in [3.8, 4) is 17.0 Å². The van der Waals surface area contributed by atoms with E-state index in [1.54, 1.807) is 24.6 Å². The Morgan fingerprint density at radius 1 is 1.40 bits per heavy atom. The molecule has 2 heterocycles. The van der Waals surface area contributed by atoms with E-state index in [0.717, 1.165) is 11.1 Å². The van der Waals surface area contributed by atoms with Crippen molar-refractivity contribution < 1.29 is 4.74 Å². The maximum atomic E-state index is 5.56. The summed E-state index contributed by atoms with van der Waals surface area (Å²) in [4.78, 5) is 5.34. The molecule has 0 aliphatic heterocycles. The van der Waals surface area contributed by atoms with Crippen LogP contribution in [0.5, 0.6) is 5.88 Å². The summed E-state index contributed by atoms with van der Waals surface area (Å²) in [5, 5.41) is 2.09. The van der Waals surface area contributed by atoms with Crippen LogP contribution in [0, 0.1) is 0 Å². The monoisotopic (exact) mass is 220 g/mol. The molecule has 0 aromatic carbocycles. The second-order valence-electron chi connectivity index (χ2n) is 3.10. The number of aromatic nitrogens is 1. The van der Waals surface area contributed by atoms with Crippen LogP contribution in [0.25, 0.3) is 11.1 Å². The van der Waals surface area contributed by atoms with Crippen LogP contribution in [0.1, 0.15) is 4.88 Å². The SMILES string of the molecule is COc1ccc(-c2csc(CN)c2)cn1. The quantitative estimate of drug-likeness (QED) is 0.863. The fourth-order valence-corrected chi connectivity index (χ4v) is 2.08. The van der Waals surface area contributed by atoms with Gasteiger partial charge in [0.2, 0.25) is 5.88 Å². The number of pyridine rings is 1. The Morgan fingerprint density at radius 3 is 2.80 bits per heavy atom. The average molecular weight is 220 g/mol. The van der Waals surface area contributed by atoms with E-state index < -0.39 is 0 Å². The van der Waals surface area contributed by atoms with Crippen LogP contribution >= 0.6 is 11.3 Å². The van der Waals surface area contributed by atoms with E-state index in [2.05, 4.69) is 16.4 Å². The van der Waals surface area contributed by atoms with Gasteiger partial charge in [0.05, 0.1) is 7.11 Å². The summed E-state index contributed by atoms with van der Waals surface area (Å²) in [7, 11) is 1.61. The zero-order chi connectivity index (χ0) is 10.7. The Balaban J connectivity index is 2.28. The van der Waals surface area contributed by atoms with Gasteiger partial charge in [-0.1, -0.05) is 0 Å². The van der Waals surface area contributed by atoms with Crippen LogP contribution in [0.4, 0.5) is 0 Å². The molecule has 0 fully saturated rings. The van der Waals surface area contributed by atoms with Crippen LogP contribution in [0.15, 0.2) is 29.8 Å². The molecule has 2 rings (SSSR count). The zero-order valence-corrected chi connectivity index (χ0v) is 9.25. The molecule has 78 valence electrons. The minimum atomic E-state index is 0.592. The fraction of sp³-hybridized carbons (Fsp3) is 0.182. The molecule has 2 N–H and O–H groups in total. The van der Waals surface area contributed by atoms with Crippen LogP contribution < -0.4 is 10.5 Å². The summed E-state index contributed by atoms with van der Waals surface area (Å²) in [6.07, 6.45) is 1.81. The van der Waals surface area contributed by atoms with Crippen LogP contribution in [-0.2, 0) is 6.54 Å². The number of rotatable bonds is 3. The lowest BCUT2D eigenvalue weighted by Crippen LogP contribution is -1.91.